The molecule has 0 saturated heterocycles. The van der Waals surface area contributed by atoms with Gasteiger partial charge in [0.25, 0.3) is 0 Å². The van der Waals surface area contributed by atoms with E-state index in [9.17, 15) is 0 Å². The van der Waals surface area contributed by atoms with E-state index in [-0.39, 0.29) is 0 Å². The van der Waals surface area contributed by atoms with E-state index in [2.05, 4.69) is 67.6 Å². The first-order valence-electron chi connectivity index (χ1n) is 5.38. The van der Waals surface area contributed by atoms with Crippen LogP contribution in [-0.4, -0.2) is 6.54 Å². The summed E-state index contributed by atoms with van der Waals surface area (Å²) in [5.41, 5.74) is 7.19. The first-order chi connectivity index (χ1) is 8.20. The number of nitrogens with two attached hydrogens (primary N) is 1. The Balaban J connectivity index is 2.17. The highest BCUT2D eigenvalue weighted by atomic mass is 79.9. The second kappa shape index (κ2) is 6.14. The van der Waals surface area contributed by atoms with Gasteiger partial charge in [-0.05, 0) is 58.0 Å². The molecule has 0 aliphatic carbocycles. The highest BCUT2D eigenvalue weighted by Crippen LogP contribution is 2.29. The van der Waals surface area contributed by atoms with Gasteiger partial charge in [0.2, 0.25) is 0 Å². The van der Waals surface area contributed by atoms with Gasteiger partial charge >= 0.3 is 0 Å². The van der Waals surface area contributed by atoms with E-state index in [1.807, 2.05) is 0 Å². The van der Waals surface area contributed by atoms with Crippen LogP contribution in [-0.2, 0) is 6.42 Å². The van der Waals surface area contributed by atoms with E-state index in [4.69, 9.17) is 5.73 Å². The van der Waals surface area contributed by atoms with Crippen molar-refractivity contribution < 1.29 is 0 Å². The molecule has 1 atom stereocenters. The quantitative estimate of drug-likeness (QED) is 0.833. The molecule has 2 rings (SSSR count). The minimum atomic E-state index is 0.387. The lowest BCUT2D eigenvalue weighted by atomic mass is 9.95. The van der Waals surface area contributed by atoms with E-state index in [1.165, 1.54) is 14.9 Å². The van der Waals surface area contributed by atoms with Crippen LogP contribution < -0.4 is 5.73 Å². The molecule has 0 saturated carbocycles. The second-order valence-electron chi connectivity index (χ2n) is 3.88. The number of hydrogen-bond donors (Lipinski definition) is 1. The lowest BCUT2D eigenvalue weighted by molar-refractivity contribution is 0.700. The van der Waals surface area contributed by atoms with Gasteiger partial charge in [-0.1, -0.05) is 28.1 Å². The summed E-state index contributed by atoms with van der Waals surface area (Å²) in [6.45, 7) is 0.673. The molecule has 0 amide bonds. The van der Waals surface area contributed by atoms with E-state index in [1.54, 1.807) is 11.3 Å². The summed E-state index contributed by atoms with van der Waals surface area (Å²) in [7, 11) is 0. The van der Waals surface area contributed by atoms with Crippen molar-refractivity contribution in [1.82, 2.24) is 0 Å². The van der Waals surface area contributed by atoms with Crippen molar-refractivity contribution in [3.63, 3.8) is 0 Å². The molecule has 0 aliphatic heterocycles. The Morgan fingerprint density at radius 1 is 1.12 bits per heavy atom. The van der Waals surface area contributed by atoms with Crippen molar-refractivity contribution in [2.24, 2.45) is 5.73 Å². The molecule has 0 bridgehead atoms. The molecule has 0 spiro atoms. The summed E-state index contributed by atoms with van der Waals surface area (Å²) in [6, 6.07) is 10.5. The molecular formula is C13H13Br2NS. The molecule has 1 aromatic carbocycles. The molecular weight excluding hydrogens is 362 g/mol. The van der Waals surface area contributed by atoms with Crippen molar-refractivity contribution in [2.75, 3.05) is 6.54 Å². The zero-order valence-electron chi connectivity index (χ0n) is 9.20. The Morgan fingerprint density at radius 3 is 2.35 bits per heavy atom. The van der Waals surface area contributed by atoms with Crippen molar-refractivity contribution in [3.05, 3.63) is 55.1 Å². The van der Waals surface area contributed by atoms with Gasteiger partial charge in [0.1, 0.15) is 0 Å². The SMILES string of the molecule is NCC(Cc1sccc1Br)c1ccc(Br)cc1. The van der Waals surface area contributed by atoms with Crippen molar-refractivity contribution >= 4 is 43.2 Å². The lowest BCUT2D eigenvalue weighted by Crippen LogP contribution is -2.14. The Morgan fingerprint density at radius 2 is 1.82 bits per heavy atom. The van der Waals surface area contributed by atoms with Gasteiger partial charge in [0.15, 0.2) is 0 Å². The number of benzene rings is 1. The largest absolute Gasteiger partial charge is 0.330 e. The summed E-state index contributed by atoms with van der Waals surface area (Å²) < 4.78 is 2.30. The topological polar surface area (TPSA) is 26.0 Å². The molecule has 1 aromatic heterocycles. The third-order valence-electron chi connectivity index (χ3n) is 2.75. The minimum absolute atomic E-state index is 0.387. The molecule has 1 heterocycles. The van der Waals surface area contributed by atoms with Gasteiger partial charge < -0.3 is 5.73 Å². The standard InChI is InChI=1S/C13H13Br2NS/c14-11-3-1-9(2-4-11)10(8-16)7-13-12(15)5-6-17-13/h1-6,10H,7-8,16H2. The number of rotatable bonds is 4. The number of hydrogen-bond acceptors (Lipinski definition) is 2. The molecule has 0 radical (unpaired) electrons. The van der Waals surface area contributed by atoms with Gasteiger partial charge in [-0.15, -0.1) is 11.3 Å². The summed E-state index contributed by atoms with van der Waals surface area (Å²) in [6.07, 6.45) is 0.996. The zero-order chi connectivity index (χ0) is 12.3. The number of thiophene rings is 1. The maximum absolute atomic E-state index is 5.89. The Hall–Kier alpha value is -0.160. The van der Waals surface area contributed by atoms with Crippen molar-refractivity contribution in [2.45, 2.75) is 12.3 Å². The Kier molecular flexibility index (Phi) is 4.79. The maximum Gasteiger partial charge on any atom is 0.0314 e. The normalized spacial score (nSPS) is 12.6. The zero-order valence-corrected chi connectivity index (χ0v) is 13.2. The average molecular weight is 375 g/mol. The van der Waals surface area contributed by atoms with Crippen LogP contribution in [0.15, 0.2) is 44.7 Å². The third kappa shape index (κ3) is 3.41. The fourth-order valence-corrected chi connectivity index (χ4v) is 3.63. The van der Waals surface area contributed by atoms with Crippen LogP contribution in [0.2, 0.25) is 0 Å². The predicted octanol–water partition coefficient (Wildman–Crippen LogP) is 4.56. The molecule has 90 valence electrons. The third-order valence-corrected chi connectivity index (χ3v) is 5.23. The number of halogens is 2. The first kappa shape index (κ1) is 13.3. The summed E-state index contributed by atoms with van der Waals surface area (Å²) in [4.78, 5) is 1.36. The first-order valence-corrected chi connectivity index (χ1v) is 7.84. The average Bonchev–Trinajstić information content (AvgIpc) is 2.73. The van der Waals surface area contributed by atoms with Gasteiger partial charge in [-0.2, -0.15) is 0 Å². The molecule has 2 N–H and O–H groups in total. The van der Waals surface area contributed by atoms with Crippen LogP contribution in [0.25, 0.3) is 0 Å². The summed E-state index contributed by atoms with van der Waals surface area (Å²) in [5, 5.41) is 2.11. The summed E-state index contributed by atoms with van der Waals surface area (Å²) >= 11 is 8.80. The van der Waals surface area contributed by atoms with Crippen LogP contribution >= 0.6 is 43.2 Å². The van der Waals surface area contributed by atoms with Gasteiger partial charge in [0, 0.05) is 19.7 Å². The van der Waals surface area contributed by atoms with E-state index in [0.717, 1.165) is 10.9 Å². The van der Waals surface area contributed by atoms with Crippen LogP contribution in [0.4, 0.5) is 0 Å². The van der Waals surface area contributed by atoms with Crippen molar-refractivity contribution in [3.8, 4) is 0 Å². The fraction of sp³-hybridized carbons (Fsp3) is 0.231. The second-order valence-corrected chi connectivity index (χ2v) is 6.65. The Labute approximate surface area is 122 Å². The molecule has 1 unspecified atom stereocenters. The highest BCUT2D eigenvalue weighted by molar-refractivity contribution is 9.10. The lowest BCUT2D eigenvalue weighted by Gasteiger charge is -2.14. The van der Waals surface area contributed by atoms with E-state index in [0.29, 0.717) is 12.5 Å². The van der Waals surface area contributed by atoms with Gasteiger partial charge in [-0.25, -0.2) is 0 Å². The Bertz CT molecular complexity index is 478. The van der Waals surface area contributed by atoms with Crippen LogP contribution in [0, 0.1) is 0 Å². The van der Waals surface area contributed by atoms with Gasteiger partial charge in [-0.3, -0.25) is 0 Å². The molecule has 0 fully saturated rings. The smallest absolute Gasteiger partial charge is 0.0314 e. The van der Waals surface area contributed by atoms with Crippen LogP contribution in [0.1, 0.15) is 16.4 Å². The molecule has 0 aliphatic rings. The predicted molar refractivity (Wildman–Crippen MR) is 81.7 cm³/mol. The van der Waals surface area contributed by atoms with Crippen molar-refractivity contribution in [1.29, 1.82) is 0 Å². The maximum atomic E-state index is 5.89. The monoisotopic (exact) mass is 373 g/mol. The van der Waals surface area contributed by atoms with E-state index >= 15 is 0 Å². The van der Waals surface area contributed by atoms with Gasteiger partial charge in [0.05, 0.1) is 0 Å². The highest BCUT2D eigenvalue weighted by Gasteiger charge is 2.13. The fourth-order valence-electron chi connectivity index (χ4n) is 1.77. The van der Waals surface area contributed by atoms with E-state index < -0.39 is 0 Å². The molecule has 1 nitrogen and oxygen atoms in total. The van der Waals surface area contributed by atoms with Crippen LogP contribution in [0.5, 0.6) is 0 Å². The molecule has 2 aromatic rings. The van der Waals surface area contributed by atoms with Crippen LogP contribution in [0.3, 0.4) is 0 Å². The molecule has 4 heteroatoms. The summed E-state index contributed by atoms with van der Waals surface area (Å²) in [5.74, 6) is 0.387. The molecule has 17 heavy (non-hydrogen) atoms. The minimum Gasteiger partial charge on any atom is -0.330 e.